The van der Waals surface area contributed by atoms with E-state index in [1.165, 1.54) is 6.42 Å². The molecule has 1 aliphatic rings. The molecule has 0 aromatic rings. The standard InChI is InChI=1S/C17H30O2/c1-6-16(4,5)14(18)13(3)15(19)17(7-2)11-9-8-10-12-17/h18H,6-12H2,1-5H3/b14-13-. The van der Waals surface area contributed by atoms with E-state index >= 15 is 0 Å². The number of aliphatic hydroxyl groups is 1. The molecule has 0 aromatic carbocycles. The fourth-order valence-electron chi connectivity index (χ4n) is 3.15. The average Bonchev–Trinajstić information content (AvgIpc) is 2.45. The third kappa shape index (κ3) is 3.21. The maximum absolute atomic E-state index is 12.8. The first-order valence-corrected chi connectivity index (χ1v) is 7.76. The lowest BCUT2D eigenvalue weighted by Crippen LogP contribution is -2.34. The molecular weight excluding hydrogens is 236 g/mol. The molecule has 2 nitrogen and oxygen atoms in total. The van der Waals surface area contributed by atoms with Gasteiger partial charge in [0, 0.05) is 16.4 Å². The van der Waals surface area contributed by atoms with Crippen LogP contribution in [0.3, 0.4) is 0 Å². The molecule has 19 heavy (non-hydrogen) atoms. The summed E-state index contributed by atoms with van der Waals surface area (Å²) in [6.07, 6.45) is 7.23. The van der Waals surface area contributed by atoms with Crippen molar-refractivity contribution in [3.8, 4) is 0 Å². The summed E-state index contributed by atoms with van der Waals surface area (Å²) < 4.78 is 0. The molecule has 0 amide bonds. The number of Topliss-reactive ketones (excluding diaryl/α,β-unsaturated/α-hetero) is 1. The van der Waals surface area contributed by atoms with Crippen LogP contribution in [0, 0.1) is 10.8 Å². The summed E-state index contributed by atoms with van der Waals surface area (Å²) in [7, 11) is 0. The Morgan fingerprint density at radius 2 is 1.68 bits per heavy atom. The average molecular weight is 266 g/mol. The van der Waals surface area contributed by atoms with Crippen LogP contribution in [0.1, 0.15) is 79.6 Å². The van der Waals surface area contributed by atoms with Crippen molar-refractivity contribution in [2.24, 2.45) is 10.8 Å². The Bertz CT molecular complexity index is 357. The van der Waals surface area contributed by atoms with Gasteiger partial charge >= 0.3 is 0 Å². The van der Waals surface area contributed by atoms with E-state index in [2.05, 4.69) is 6.92 Å². The zero-order chi connectivity index (χ0) is 14.7. The molecule has 0 unspecified atom stereocenters. The maximum atomic E-state index is 12.8. The second-order valence-corrected chi connectivity index (χ2v) is 6.73. The van der Waals surface area contributed by atoms with Gasteiger partial charge in [-0.3, -0.25) is 4.79 Å². The van der Waals surface area contributed by atoms with Crippen molar-refractivity contribution < 1.29 is 9.90 Å². The lowest BCUT2D eigenvalue weighted by Gasteiger charge is -2.36. The molecule has 0 atom stereocenters. The molecule has 0 saturated heterocycles. The molecule has 0 spiro atoms. The molecule has 1 aliphatic carbocycles. The predicted molar refractivity (Wildman–Crippen MR) is 80.2 cm³/mol. The summed E-state index contributed by atoms with van der Waals surface area (Å²) in [6, 6.07) is 0. The van der Waals surface area contributed by atoms with E-state index in [1.54, 1.807) is 6.92 Å². The third-order valence-corrected chi connectivity index (χ3v) is 5.19. The monoisotopic (exact) mass is 266 g/mol. The largest absolute Gasteiger partial charge is 0.511 e. The van der Waals surface area contributed by atoms with Crippen molar-refractivity contribution in [1.82, 2.24) is 0 Å². The highest BCUT2D eigenvalue weighted by Crippen LogP contribution is 2.43. The van der Waals surface area contributed by atoms with Gasteiger partial charge in [-0.1, -0.05) is 47.0 Å². The first kappa shape index (κ1) is 16.3. The van der Waals surface area contributed by atoms with E-state index in [1.807, 2.05) is 20.8 Å². The molecular formula is C17H30O2. The highest BCUT2D eigenvalue weighted by atomic mass is 16.3. The minimum Gasteiger partial charge on any atom is -0.511 e. The number of aliphatic hydroxyl groups excluding tert-OH is 1. The summed E-state index contributed by atoms with van der Waals surface area (Å²) in [5.41, 5.74) is 0.0827. The lowest BCUT2D eigenvalue weighted by molar-refractivity contribution is -0.127. The number of carbonyl (C=O) groups is 1. The summed E-state index contributed by atoms with van der Waals surface area (Å²) in [5, 5.41) is 10.4. The smallest absolute Gasteiger partial charge is 0.168 e. The van der Waals surface area contributed by atoms with E-state index in [4.69, 9.17) is 0 Å². The van der Waals surface area contributed by atoms with Gasteiger partial charge in [-0.05, 0) is 32.6 Å². The maximum Gasteiger partial charge on any atom is 0.168 e. The fraction of sp³-hybridized carbons (Fsp3) is 0.824. The Morgan fingerprint density at radius 3 is 2.11 bits per heavy atom. The van der Waals surface area contributed by atoms with Gasteiger partial charge in [-0.25, -0.2) is 0 Å². The molecule has 1 rings (SSSR count). The highest BCUT2D eigenvalue weighted by molar-refractivity contribution is 5.99. The topological polar surface area (TPSA) is 37.3 Å². The first-order valence-electron chi connectivity index (χ1n) is 7.76. The second-order valence-electron chi connectivity index (χ2n) is 6.73. The summed E-state index contributed by atoms with van der Waals surface area (Å²) in [5.74, 6) is 0.479. The molecule has 110 valence electrons. The molecule has 0 aromatic heterocycles. The number of ketones is 1. The summed E-state index contributed by atoms with van der Waals surface area (Å²) in [4.78, 5) is 12.8. The molecule has 0 radical (unpaired) electrons. The number of allylic oxidation sites excluding steroid dienone is 2. The second kappa shape index (κ2) is 6.11. The Hall–Kier alpha value is -0.790. The Labute approximate surface area is 118 Å². The third-order valence-electron chi connectivity index (χ3n) is 5.19. The summed E-state index contributed by atoms with van der Waals surface area (Å²) >= 11 is 0. The van der Waals surface area contributed by atoms with Crippen LogP contribution in [0.4, 0.5) is 0 Å². The van der Waals surface area contributed by atoms with Crippen LogP contribution in [0.15, 0.2) is 11.3 Å². The summed E-state index contributed by atoms with van der Waals surface area (Å²) in [6.45, 7) is 9.96. The van der Waals surface area contributed by atoms with Crippen LogP contribution in [0.25, 0.3) is 0 Å². The number of rotatable bonds is 5. The quantitative estimate of drug-likeness (QED) is 0.549. The van der Waals surface area contributed by atoms with Crippen LogP contribution in [0.2, 0.25) is 0 Å². The zero-order valence-corrected chi connectivity index (χ0v) is 13.3. The predicted octanol–water partition coefficient (Wildman–Crippen LogP) is 5.18. The SMILES string of the molecule is CCC1(C(=O)/C(C)=C(\O)C(C)(C)CC)CCCCC1. The molecule has 1 saturated carbocycles. The van der Waals surface area contributed by atoms with Crippen LogP contribution in [-0.4, -0.2) is 10.9 Å². The van der Waals surface area contributed by atoms with Crippen LogP contribution in [0.5, 0.6) is 0 Å². The number of carbonyl (C=O) groups excluding carboxylic acids is 1. The normalized spacial score (nSPS) is 20.9. The molecule has 0 aliphatic heterocycles. The Kier molecular flexibility index (Phi) is 5.23. The van der Waals surface area contributed by atoms with Crippen molar-refractivity contribution in [3.63, 3.8) is 0 Å². The van der Waals surface area contributed by atoms with Gasteiger partial charge < -0.3 is 5.11 Å². The van der Waals surface area contributed by atoms with Crippen LogP contribution >= 0.6 is 0 Å². The molecule has 1 N–H and O–H groups in total. The molecule has 0 bridgehead atoms. The lowest BCUT2D eigenvalue weighted by atomic mass is 9.67. The van der Waals surface area contributed by atoms with Gasteiger partial charge in [-0.2, -0.15) is 0 Å². The van der Waals surface area contributed by atoms with E-state index < -0.39 is 0 Å². The van der Waals surface area contributed by atoms with Gasteiger partial charge in [0.15, 0.2) is 5.78 Å². The van der Waals surface area contributed by atoms with E-state index in [0.29, 0.717) is 11.3 Å². The minimum absolute atomic E-state index is 0.189. The van der Waals surface area contributed by atoms with Crippen molar-refractivity contribution in [3.05, 3.63) is 11.3 Å². The van der Waals surface area contributed by atoms with Gasteiger partial charge in [0.25, 0.3) is 0 Å². The zero-order valence-electron chi connectivity index (χ0n) is 13.3. The van der Waals surface area contributed by atoms with Gasteiger partial charge in [-0.15, -0.1) is 0 Å². The number of hydrogen-bond acceptors (Lipinski definition) is 2. The number of hydrogen-bond donors (Lipinski definition) is 1. The van der Waals surface area contributed by atoms with E-state index in [-0.39, 0.29) is 16.6 Å². The van der Waals surface area contributed by atoms with Gasteiger partial charge in [0.2, 0.25) is 0 Å². The van der Waals surface area contributed by atoms with E-state index in [0.717, 1.165) is 38.5 Å². The van der Waals surface area contributed by atoms with Gasteiger partial charge in [0.1, 0.15) is 5.76 Å². The fourth-order valence-corrected chi connectivity index (χ4v) is 3.15. The van der Waals surface area contributed by atoms with Crippen molar-refractivity contribution in [1.29, 1.82) is 0 Å². The Morgan fingerprint density at radius 1 is 1.16 bits per heavy atom. The van der Waals surface area contributed by atoms with E-state index in [9.17, 15) is 9.90 Å². The molecule has 0 heterocycles. The van der Waals surface area contributed by atoms with Crippen molar-refractivity contribution in [2.45, 2.75) is 79.6 Å². The van der Waals surface area contributed by atoms with Crippen LogP contribution in [-0.2, 0) is 4.79 Å². The van der Waals surface area contributed by atoms with Crippen molar-refractivity contribution >= 4 is 5.78 Å². The molecule has 2 heteroatoms. The highest BCUT2D eigenvalue weighted by Gasteiger charge is 2.40. The minimum atomic E-state index is -0.302. The van der Waals surface area contributed by atoms with Crippen LogP contribution < -0.4 is 0 Å². The van der Waals surface area contributed by atoms with Gasteiger partial charge in [0.05, 0.1) is 0 Å². The van der Waals surface area contributed by atoms with Crippen molar-refractivity contribution in [2.75, 3.05) is 0 Å². The molecule has 1 fully saturated rings. The first-order chi connectivity index (χ1) is 8.80. The Balaban J connectivity index is 3.07.